The standard InChI is InChI=1S/C27H31F2N5O2/c1-2-24(32-10-3-4-11-32)26(35)31-23-16-33(13-9-19(23)21-14-18(28)7-8-22(21)29)27(36)20-6-5-12-34-17-30-15-25(20)34/h5-8,12,14-15,17,19,23-24H,2-4,9-11,13,16H2,1H3,(H,31,35)/t19-,23+,24+/m0/s1. The van der Waals surface area contributed by atoms with Crippen LogP contribution >= 0.6 is 0 Å². The lowest BCUT2D eigenvalue weighted by Gasteiger charge is -2.40. The molecule has 0 saturated carbocycles. The summed E-state index contributed by atoms with van der Waals surface area (Å²) in [5.74, 6) is -1.78. The van der Waals surface area contributed by atoms with Crippen molar-refractivity contribution in [2.45, 2.75) is 50.6 Å². The Bertz CT molecular complexity index is 1260. The Kier molecular flexibility index (Phi) is 7.00. The second-order valence-corrected chi connectivity index (χ2v) is 9.70. The van der Waals surface area contributed by atoms with E-state index in [1.807, 2.05) is 13.1 Å². The number of imidazole rings is 1. The highest BCUT2D eigenvalue weighted by Crippen LogP contribution is 2.32. The van der Waals surface area contributed by atoms with E-state index in [0.29, 0.717) is 30.5 Å². The van der Waals surface area contributed by atoms with E-state index in [9.17, 15) is 18.4 Å². The largest absolute Gasteiger partial charge is 0.350 e. The van der Waals surface area contributed by atoms with Crippen LogP contribution in [0.25, 0.3) is 5.52 Å². The lowest BCUT2D eigenvalue weighted by atomic mass is 9.84. The van der Waals surface area contributed by atoms with E-state index in [1.54, 1.807) is 34.0 Å². The number of carbonyl (C=O) groups excluding carboxylic acids is 2. The first-order valence-electron chi connectivity index (χ1n) is 12.7. The maximum Gasteiger partial charge on any atom is 0.256 e. The Morgan fingerprint density at radius 2 is 1.97 bits per heavy atom. The maximum atomic E-state index is 14.8. The van der Waals surface area contributed by atoms with E-state index in [-0.39, 0.29) is 30.0 Å². The SMILES string of the molecule is CC[C@H](C(=O)N[C@@H]1CN(C(=O)c2cccn3cncc23)CC[C@H]1c1cc(F)ccc1F)N1CCCC1. The highest BCUT2D eigenvalue weighted by Gasteiger charge is 2.37. The van der Waals surface area contributed by atoms with Gasteiger partial charge in [-0.05, 0) is 74.7 Å². The lowest BCUT2D eigenvalue weighted by molar-refractivity contribution is -0.127. The first-order valence-corrected chi connectivity index (χ1v) is 12.7. The molecule has 1 N–H and O–H groups in total. The number of piperidine rings is 1. The van der Waals surface area contributed by atoms with Crippen molar-refractivity contribution in [1.82, 2.24) is 24.5 Å². The van der Waals surface area contributed by atoms with E-state index >= 15 is 0 Å². The molecule has 4 heterocycles. The zero-order chi connectivity index (χ0) is 25.2. The van der Waals surface area contributed by atoms with Crippen LogP contribution in [0.1, 0.15) is 54.4 Å². The van der Waals surface area contributed by atoms with Crippen LogP contribution in [0.4, 0.5) is 8.78 Å². The smallest absolute Gasteiger partial charge is 0.256 e. The number of nitrogens with zero attached hydrogens (tertiary/aromatic N) is 4. The molecule has 36 heavy (non-hydrogen) atoms. The molecule has 1 aromatic carbocycles. The second kappa shape index (κ2) is 10.3. The summed E-state index contributed by atoms with van der Waals surface area (Å²) in [5, 5.41) is 3.13. The van der Waals surface area contributed by atoms with Crippen molar-refractivity contribution in [2.75, 3.05) is 26.2 Å². The number of nitrogens with one attached hydrogen (secondary N) is 1. The molecule has 5 rings (SSSR count). The molecule has 2 saturated heterocycles. The lowest BCUT2D eigenvalue weighted by Crippen LogP contribution is -2.56. The molecule has 0 unspecified atom stereocenters. The highest BCUT2D eigenvalue weighted by molar-refractivity contribution is 6.00. The molecule has 7 nitrogen and oxygen atoms in total. The number of halogens is 2. The monoisotopic (exact) mass is 495 g/mol. The number of hydrogen-bond donors (Lipinski definition) is 1. The summed E-state index contributed by atoms with van der Waals surface area (Å²) in [4.78, 5) is 35.0. The van der Waals surface area contributed by atoms with Crippen molar-refractivity contribution in [3.63, 3.8) is 0 Å². The maximum absolute atomic E-state index is 14.8. The Balaban J connectivity index is 1.42. The predicted octanol–water partition coefficient (Wildman–Crippen LogP) is 3.60. The topological polar surface area (TPSA) is 70.0 Å². The van der Waals surface area contributed by atoms with Crippen LogP contribution in [0.15, 0.2) is 49.1 Å². The molecule has 2 aromatic heterocycles. The van der Waals surface area contributed by atoms with Crippen molar-refractivity contribution in [1.29, 1.82) is 0 Å². The number of aromatic nitrogens is 2. The van der Waals surface area contributed by atoms with E-state index < -0.39 is 23.6 Å². The van der Waals surface area contributed by atoms with Gasteiger partial charge < -0.3 is 14.6 Å². The van der Waals surface area contributed by atoms with Gasteiger partial charge in [-0.1, -0.05) is 6.92 Å². The summed E-state index contributed by atoms with van der Waals surface area (Å²) in [6.07, 6.45) is 8.29. The van der Waals surface area contributed by atoms with Gasteiger partial charge in [0.25, 0.3) is 5.91 Å². The van der Waals surface area contributed by atoms with Crippen molar-refractivity contribution in [3.8, 4) is 0 Å². The fourth-order valence-electron chi connectivity index (χ4n) is 5.70. The van der Waals surface area contributed by atoms with E-state index in [2.05, 4.69) is 15.2 Å². The van der Waals surface area contributed by atoms with Gasteiger partial charge in [0.15, 0.2) is 0 Å². The molecule has 2 aliphatic heterocycles. The fourth-order valence-corrected chi connectivity index (χ4v) is 5.70. The molecular weight excluding hydrogens is 464 g/mol. The first-order chi connectivity index (χ1) is 17.5. The van der Waals surface area contributed by atoms with Crippen LogP contribution in [0, 0.1) is 11.6 Å². The number of fused-ring (bicyclic) bond motifs is 1. The van der Waals surface area contributed by atoms with Gasteiger partial charge in [0.05, 0.1) is 35.7 Å². The summed E-state index contributed by atoms with van der Waals surface area (Å²) in [7, 11) is 0. The summed E-state index contributed by atoms with van der Waals surface area (Å²) >= 11 is 0. The van der Waals surface area contributed by atoms with Gasteiger partial charge in [-0.25, -0.2) is 13.8 Å². The number of rotatable bonds is 6. The molecule has 0 radical (unpaired) electrons. The molecule has 190 valence electrons. The van der Waals surface area contributed by atoms with Crippen LogP contribution in [0.2, 0.25) is 0 Å². The van der Waals surface area contributed by atoms with Gasteiger partial charge in [-0.15, -0.1) is 0 Å². The molecular formula is C27H31F2N5O2. The van der Waals surface area contributed by atoms with E-state index in [1.165, 1.54) is 6.07 Å². The molecule has 0 bridgehead atoms. The molecule has 2 amide bonds. The van der Waals surface area contributed by atoms with Gasteiger partial charge in [0, 0.05) is 25.2 Å². The van der Waals surface area contributed by atoms with Crippen molar-refractivity contribution < 1.29 is 18.4 Å². The quantitative estimate of drug-likeness (QED) is 0.568. The first kappa shape index (κ1) is 24.4. The average Bonchev–Trinajstić information content (AvgIpc) is 3.58. The molecule has 0 aliphatic carbocycles. The number of benzene rings is 1. The summed E-state index contributed by atoms with van der Waals surface area (Å²) in [6.45, 7) is 4.30. The second-order valence-electron chi connectivity index (χ2n) is 9.70. The minimum atomic E-state index is -0.548. The number of amides is 2. The summed E-state index contributed by atoms with van der Waals surface area (Å²) in [5.41, 5.74) is 1.44. The number of hydrogen-bond acceptors (Lipinski definition) is 4. The van der Waals surface area contributed by atoms with Crippen LogP contribution in [-0.2, 0) is 4.79 Å². The minimum absolute atomic E-state index is 0.126. The zero-order valence-corrected chi connectivity index (χ0v) is 20.4. The molecule has 2 fully saturated rings. The molecule has 2 aliphatic rings. The zero-order valence-electron chi connectivity index (χ0n) is 20.4. The molecule has 3 aromatic rings. The van der Waals surface area contributed by atoms with Gasteiger partial charge >= 0.3 is 0 Å². The van der Waals surface area contributed by atoms with Gasteiger partial charge in [0.2, 0.25) is 5.91 Å². The average molecular weight is 496 g/mol. The minimum Gasteiger partial charge on any atom is -0.350 e. The van der Waals surface area contributed by atoms with Crippen LogP contribution in [-0.4, -0.2) is 69.3 Å². The van der Waals surface area contributed by atoms with Crippen molar-refractivity contribution >= 4 is 17.3 Å². The Morgan fingerprint density at radius 1 is 1.17 bits per heavy atom. The molecule has 9 heteroatoms. The predicted molar refractivity (Wildman–Crippen MR) is 132 cm³/mol. The number of likely N-dealkylation sites (tertiary alicyclic amines) is 2. The van der Waals surface area contributed by atoms with E-state index in [0.717, 1.165) is 38.1 Å². The van der Waals surface area contributed by atoms with Crippen LogP contribution in [0.3, 0.4) is 0 Å². The van der Waals surface area contributed by atoms with E-state index in [4.69, 9.17) is 0 Å². The third-order valence-electron chi connectivity index (χ3n) is 7.54. The normalized spacial score (nSPS) is 21.6. The Morgan fingerprint density at radius 3 is 2.75 bits per heavy atom. The molecule has 0 spiro atoms. The van der Waals surface area contributed by atoms with Gasteiger partial charge in [0.1, 0.15) is 11.6 Å². The number of pyridine rings is 1. The summed E-state index contributed by atoms with van der Waals surface area (Å²) < 4.78 is 30.7. The van der Waals surface area contributed by atoms with Crippen LogP contribution in [0.5, 0.6) is 0 Å². The van der Waals surface area contributed by atoms with Crippen molar-refractivity contribution in [2.24, 2.45) is 0 Å². The van der Waals surface area contributed by atoms with Gasteiger partial charge in [-0.2, -0.15) is 0 Å². The number of carbonyl (C=O) groups is 2. The molecule has 3 atom stereocenters. The summed E-state index contributed by atoms with van der Waals surface area (Å²) in [6, 6.07) is 6.15. The third-order valence-corrected chi connectivity index (χ3v) is 7.54. The Labute approximate surface area is 209 Å². The Hall–Kier alpha value is -3.33. The van der Waals surface area contributed by atoms with Crippen molar-refractivity contribution in [3.05, 3.63) is 71.8 Å². The third kappa shape index (κ3) is 4.72. The fraction of sp³-hybridized carbons (Fsp3) is 0.444. The van der Waals surface area contributed by atoms with Gasteiger partial charge in [-0.3, -0.25) is 14.5 Å². The highest BCUT2D eigenvalue weighted by atomic mass is 19.1. The van der Waals surface area contributed by atoms with Crippen LogP contribution < -0.4 is 5.32 Å².